The highest BCUT2D eigenvalue weighted by Crippen LogP contribution is 2.60. The van der Waals surface area contributed by atoms with Crippen molar-refractivity contribution in [2.45, 2.75) is 50.8 Å². The Morgan fingerprint density at radius 2 is 2.04 bits per heavy atom. The Morgan fingerprint density at radius 3 is 2.71 bits per heavy atom. The second-order valence-corrected chi connectivity index (χ2v) is 7.91. The number of rotatable bonds is 5. The zero-order valence-electron chi connectivity index (χ0n) is 17.0. The highest BCUT2D eigenvalue weighted by molar-refractivity contribution is 14.0. The van der Waals surface area contributed by atoms with Crippen LogP contribution < -0.4 is 20.1 Å². The van der Waals surface area contributed by atoms with Gasteiger partial charge in [0, 0.05) is 49.2 Å². The van der Waals surface area contributed by atoms with E-state index in [1.165, 1.54) is 25.7 Å². The van der Waals surface area contributed by atoms with Crippen molar-refractivity contribution >= 4 is 29.9 Å². The SMILES string of the molecule is CN=C(NCc1ccc(OC)cc1OC)NC1C2CCOC2C12CCCC2.I. The summed E-state index contributed by atoms with van der Waals surface area (Å²) in [7, 11) is 5.18. The lowest BCUT2D eigenvalue weighted by Gasteiger charge is -2.57. The lowest BCUT2D eigenvalue weighted by atomic mass is 9.54. The topological polar surface area (TPSA) is 64.1 Å². The lowest BCUT2D eigenvalue weighted by molar-refractivity contribution is -0.125. The number of halogens is 1. The van der Waals surface area contributed by atoms with Gasteiger partial charge < -0.3 is 24.8 Å². The molecular weight excluding hydrogens is 469 g/mol. The van der Waals surface area contributed by atoms with Crippen LogP contribution in [0.15, 0.2) is 23.2 Å². The number of aliphatic imine (C=N–C) groups is 1. The van der Waals surface area contributed by atoms with Gasteiger partial charge in [-0.15, -0.1) is 24.0 Å². The van der Waals surface area contributed by atoms with E-state index < -0.39 is 0 Å². The molecule has 0 radical (unpaired) electrons. The summed E-state index contributed by atoms with van der Waals surface area (Å²) in [4.78, 5) is 4.47. The Morgan fingerprint density at radius 1 is 1.25 bits per heavy atom. The number of guanidine groups is 1. The van der Waals surface area contributed by atoms with Crippen molar-refractivity contribution in [1.29, 1.82) is 0 Å². The van der Waals surface area contributed by atoms with Crippen LogP contribution in [0.5, 0.6) is 11.5 Å². The number of hydrogen-bond donors (Lipinski definition) is 2. The molecule has 0 aromatic heterocycles. The first kappa shape index (κ1) is 21.5. The van der Waals surface area contributed by atoms with Crippen molar-refractivity contribution in [1.82, 2.24) is 10.6 Å². The van der Waals surface area contributed by atoms with Crippen LogP contribution in [0.1, 0.15) is 37.7 Å². The van der Waals surface area contributed by atoms with E-state index in [0.29, 0.717) is 30.0 Å². The van der Waals surface area contributed by atoms with Crippen LogP contribution >= 0.6 is 24.0 Å². The molecule has 2 N–H and O–H groups in total. The summed E-state index contributed by atoms with van der Waals surface area (Å²) < 4.78 is 16.9. The maximum Gasteiger partial charge on any atom is 0.191 e. The summed E-state index contributed by atoms with van der Waals surface area (Å²) in [5.74, 6) is 3.09. The average molecular weight is 501 g/mol. The van der Waals surface area contributed by atoms with Crippen molar-refractivity contribution in [2.75, 3.05) is 27.9 Å². The molecule has 1 spiro atoms. The first-order valence-electron chi connectivity index (χ1n) is 10.0. The maximum atomic E-state index is 6.09. The molecule has 1 aliphatic heterocycles. The van der Waals surface area contributed by atoms with Crippen LogP contribution in [0.3, 0.4) is 0 Å². The molecule has 3 atom stereocenters. The van der Waals surface area contributed by atoms with E-state index in [-0.39, 0.29) is 24.0 Å². The summed E-state index contributed by atoms with van der Waals surface area (Å²) >= 11 is 0. The summed E-state index contributed by atoms with van der Waals surface area (Å²) in [5.41, 5.74) is 1.39. The molecule has 4 rings (SSSR count). The van der Waals surface area contributed by atoms with E-state index in [1.807, 2.05) is 25.2 Å². The zero-order chi connectivity index (χ0) is 18.9. The molecule has 1 aromatic carbocycles. The van der Waals surface area contributed by atoms with Crippen molar-refractivity contribution in [2.24, 2.45) is 16.3 Å². The molecule has 7 heteroatoms. The van der Waals surface area contributed by atoms with Gasteiger partial charge in [-0.1, -0.05) is 12.8 Å². The molecule has 2 aliphatic carbocycles. The summed E-state index contributed by atoms with van der Waals surface area (Å²) in [6.45, 7) is 1.56. The summed E-state index contributed by atoms with van der Waals surface area (Å²) in [6.07, 6.45) is 6.80. The van der Waals surface area contributed by atoms with Crippen LogP contribution in [0, 0.1) is 11.3 Å². The van der Waals surface area contributed by atoms with E-state index in [9.17, 15) is 0 Å². The van der Waals surface area contributed by atoms with Crippen LogP contribution in [-0.4, -0.2) is 46.0 Å². The smallest absolute Gasteiger partial charge is 0.191 e. The molecule has 3 fully saturated rings. The molecule has 156 valence electrons. The van der Waals surface area contributed by atoms with Crippen LogP contribution in [0.4, 0.5) is 0 Å². The predicted molar refractivity (Wildman–Crippen MR) is 121 cm³/mol. The molecule has 28 heavy (non-hydrogen) atoms. The minimum atomic E-state index is 0. The highest BCUT2D eigenvalue weighted by Gasteiger charge is 2.65. The third-order valence-corrected chi connectivity index (χ3v) is 6.74. The summed E-state index contributed by atoms with van der Waals surface area (Å²) in [6, 6.07) is 6.36. The molecule has 0 amide bonds. The molecule has 1 aromatic rings. The van der Waals surface area contributed by atoms with E-state index in [0.717, 1.165) is 36.0 Å². The van der Waals surface area contributed by atoms with E-state index in [4.69, 9.17) is 14.2 Å². The Hall–Kier alpha value is -1.22. The van der Waals surface area contributed by atoms with Gasteiger partial charge >= 0.3 is 0 Å². The van der Waals surface area contributed by atoms with Crippen molar-refractivity contribution in [3.63, 3.8) is 0 Å². The summed E-state index contributed by atoms with van der Waals surface area (Å²) in [5, 5.41) is 7.19. The molecule has 1 heterocycles. The average Bonchev–Trinajstić information content (AvgIpc) is 3.37. The predicted octanol–water partition coefficient (Wildman–Crippen LogP) is 3.33. The Kier molecular flexibility index (Phi) is 6.96. The van der Waals surface area contributed by atoms with Gasteiger partial charge in [0.05, 0.1) is 20.3 Å². The number of ether oxygens (including phenoxy) is 3. The van der Waals surface area contributed by atoms with Gasteiger partial charge in [0.25, 0.3) is 0 Å². The van der Waals surface area contributed by atoms with Gasteiger partial charge in [-0.2, -0.15) is 0 Å². The molecule has 6 nitrogen and oxygen atoms in total. The van der Waals surface area contributed by atoms with Crippen LogP contribution in [0.25, 0.3) is 0 Å². The largest absolute Gasteiger partial charge is 0.497 e. The van der Waals surface area contributed by atoms with Crippen molar-refractivity contribution in [3.8, 4) is 11.5 Å². The molecule has 0 bridgehead atoms. The third kappa shape index (κ3) is 3.67. The standard InChI is InChI=1S/C21H31N3O3.HI/c1-22-20(23-13-14-6-7-15(25-2)12-17(14)26-3)24-18-16-8-11-27-19(16)21(18)9-4-5-10-21;/h6-7,12,16,18-19H,4-5,8-11,13H2,1-3H3,(H2,22,23,24);1H. The Labute approximate surface area is 184 Å². The second kappa shape index (κ2) is 9.07. The second-order valence-electron chi connectivity index (χ2n) is 7.91. The zero-order valence-corrected chi connectivity index (χ0v) is 19.3. The lowest BCUT2D eigenvalue weighted by Crippen LogP contribution is -2.69. The third-order valence-electron chi connectivity index (χ3n) is 6.74. The van der Waals surface area contributed by atoms with Gasteiger partial charge in [0.2, 0.25) is 0 Å². The normalized spacial score (nSPS) is 27.5. The number of nitrogens with one attached hydrogen (secondary N) is 2. The first-order valence-corrected chi connectivity index (χ1v) is 10.0. The number of fused-ring (bicyclic) bond motifs is 2. The quantitative estimate of drug-likeness (QED) is 0.368. The highest BCUT2D eigenvalue weighted by atomic mass is 127. The molecule has 1 saturated heterocycles. The van der Waals surface area contributed by atoms with Crippen LogP contribution in [0.2, 0.25) is 0 Å². The van der Waals surface area contributed by atoms with Crippen molar-refractivity contribution < 1.29 is 14.2 Å². The maximum absolute atomic E-state index is 6.09. The van der Waals surface area contributed by atoms with E-state index in [2.05, 4.69) is 15.6 Å². The Bertz CT molecular complexity index is 706. The molecule has 3 unspecified atom stereocenters. The van der Waals surface area contributed by atoms with Gasteiger partial charge in [0.15, 0.2) is 5.96 Å². The van der Waals surface area contributed by atoms with Gasteiger partial charge in [-0.05, 0) is 31.4 Å². The first-order chi connectivity index (χ1) is 13.2. The molecule has 2 saturated carbocycles. The molecular formula is C21H32IN3O3. The fourth-order valence-corrected chi connectivity index (χ4v) is 5.42. The number of hydrogen-bond acceptors (Lipinski definition) is 4. The van der Waals surface area contributed by atoms with Gasteiger partial charge in [-0.3, -0.25) is 4.99 Å². The number of benzene rings is 1. The van der Waals surface area contributed by atoms with Crippen LogP contribution in [-0.2, 0) is 11.3 Å². The Balaban J connectivity index is 0.00000225. The van der Waals surface area contributed by atoms with E-state index in [1.54, 1.807) is 14.2 Å². The van der Waals surface area contributed by atoms with Gasteiger partial charge in [0.1, 0.15) is 11.5 Å². The fraction of sp³-hybridized carbons (Fsp3) is 0.667. The minimum Gasteiger partial charge on any atom is -0.497 e. The van der Waals surface area contributed by atoms with Gasteiger partial charge in [-0.25, -0.2) is 0 Å². The minimum absolute atomic E-state index is 0. The molecule has 3 aliphatic rings. The number of methoxy groups -OCH3 is 2. The monoisotopic (exact) mass is 501 g/mol. The van der Waals surface area contributed by atoms with Crippen molar-refractivity contribution in [3.05, 3.63) is 23.8 Å². The van der Waals surface area contributed by atoms with E-state index >= 15 is 0 Å². The fourth-order valence-electron chi connectivity index (χ4n) is 5.42. The number of nitrogens with zero attached hydrogens (tertiary/aromatic N) is 1.